The minimum atomic E-state index is -2.30. The van der Waals surface area contributed by atoms with Gasteiger partial charge in [-0.3, -0.25) is 0 Å². The Morgan fingerprint density at radius 1 is 1.00 bits per heavy atom. The number of fused-ring (bicyclic) bond motifs is 1. The van der Waals surface area contributed by atoms with Crippen molar-refractivity contribution >= 4 is 24.9 Å². The number of hydrazone groups is 1. The predicted octanol–water partition coefficient (Wildman–Crippen LogP) is 6.88. The van der Waals surface area contributed by atoms with Crippen LogP contribution in [0.1, 0.15) is 44.4 Å². The lowest BCUT2D eigenvalue weighted by Gasteiger charge is -2.39. The van der Waals surface area contributed by atoms with Crippen LogP contribution in [0.2, 0.25) is 0 Å². The van der Waals surface area contributed by atoms with Gasteiger partial charge in [0.15, 0.2) is 7.36 Å². The van der Waals surface area contributed by atoms with Crippen molar-refractivity contribution in [3.63, 3.8) is 0 Å². The van der Waals surface area contributed by atoms with Crippen molar-refractivity contribution < 1.29 is 0 Å². The van der Waals surface area contributed by atoms with Crippen molar-refractivity contribution in [2.45, 2.75) is 47.0 Å². The maximum Gasteiger partial charge on any atom is 0.174 e. The Hall–Kier alpha value is -2.36. The van der Waals surface area contributed by atoms with Crippen molar-refractivity contribution in [2.24, 2.45) is 9.85 Å². The van der Waals surface area contributed by atoms with Gasteiger partial charge in [-0.15, -0.1) is 0 Å². The number of para-hydroxylation sites is 1. The summed E-state index contributed by atoms with van der Waals surface area (Å²) in [5, 5.41) is 6.12. The lowest BCUT2D eigenvalue weighted by Crippen LogP contribution is -2.30. The van der Waals surface area contributed by atoms with Gasteiger partial charge in [-0.25, -0.2) is 14.2 Å². The molecule has 2 aliphatic rings. The van der Waals surface area contributed by atoms with Crippen LogP contribution in [0.15, 0.2) is 63.3 Å². The third kappa shape index (κ3) is 3.25. The minimum absolute atomic E-state index is 0.130. The van der Waals surface area contributed by atoms with E-state index in [2.05, 4.69) is 119 Å². The number of allylic oxidation sites excluding steroid dienone is 2. The smallest absolute Gasteiger partial charge is 0.174 e. The minimum Gasteiger partial charge on any atom is -0.346 e. The zero-order valence-electron chi connectivity index (χ0n) is 20.7. The van der Waals surface area contributed by atoms with E-state index in [1.807, 2.05) is 0 Å². The third-order valence-electron chi connectivity index (χ3n) is 7.05. The van der Waals surface area contributed by atoms with E-state index in [-0.39, 0.29) is 5.41 Å². The number of anilines is 1. The fourth-order valence-corrected chi connectivity index (χ4v) is 8.88. The molecule has 32 heavy (non-hydrogen) atoms. The Bertz CT molecular complexity index is 1160. The summed E-state index contributed by atoms with van der Waals surface area (Å²) in [7, 11) is 1.98. The average Bonchev–Trinajstić information content (AvgIpc) is 3.17. The molecule has 1 atom stereocenters. The van der Waals surface area contributed by atoms with Gasteiger partial charge in [-0.1, -0.05) is 52.0 Å². The Balaban J connectivity index is 2.06. The first-order chi connectivity index (χ1) is 15.2. The molecule has 0 aliphatic carbocycles. The highest BCUT2D eigenvalue weighted by molar-refractivity contribution is 7.67. The summed E-state index contributed by atoms with van der Waals surface area (Å²) < 4.78 is 10.2. The summed E-state index contributed by atoms with van der Waals surface area (Å²) in [6.07, 6.45) is 2.08. The lowest BCUT2D eigenvalue weighted by atomic mass is 9.84. The van der Waals surface area contributed by atoms with E-state index in [0.717, 1.165) is 18.8 Å². The number of nitrogens with zero attached hydrogens (tertiary/aromatic N) is 5. The van der Waals surface area contributed by atoms with Gasteiger partial charge in [0.05, 0.1) is 17.2 Å². The fourth-order valence-electron chi connectivity index (χ4n) is 5.18. The van der Waals surface area contributed by atoms with Crippen LogP contribution in [0.3, 0.4) is 0 Å². The molecule has 0 aromatic heterocycles. The van der Waals surface area contributed by atoms with E-state index in [9.17, 15) is 0 Å². The molecule has 0 fully saturated rings. The van der Waals surface area contributed by atoms with Gasteiger partial charge in [0.25, 0.3) is 0 Å². The van der Waals surface area contributed by atoms with Crippen LogP contribution in [-0.2, 0) is 5.41 Å². The van der Waals surface area contributed by atoms with Crippen LogP contribution in [0.4, 0.5) is 11.4 Å². The molecule has 0 N–H and O–H groups in total. The van der Waals surface area contributed by atoms with Crippen LogP contribution in [0, 0.1) is 13.8 Å². The quantitative estimate of drug-likeness (QED) is 0.477. The molecule has 0 radical (unpaired) electrons. The molecule has 5 nitrogen and oxygen atoms in total. The number of hydrogen-bond donors (Lipinski definition) is 0. The highest BCUT2D eigenvalue weighted by Gasteiger charge is 2.47. The number of likely N-dealkylation sites (N-methyl/N-ethyl adjacent to an activating group) is 1. The molecule has 0 saturated heterocycles. The lowest BCUT2D eigenvalue weighted by molar-refractivity contribution is 0.452. The van der Waals surface area contributed by atoms with Gasteiger partial charge < -0.3 is 4.90 Å². The summed E-state index contributed by atoms with van der Waals surface area (Å²) in [5.74, 6) is 0. The first-order valence-electron chi connectivity index (χ1n) is 11.5. The number of rotatable bonds is 4. The van der Waals surface area contributed by atoms with E-state index < -0.39 is 7.36 Å². The Labute approximate surface area is 193 Å². The molecule has 6 heteroatoms. The summed E-state index contributed by atoms with van der Waals surface area (Å²) in [6, 6.07) is 15.3. The SMILES string of the molecule is CCN(CC)[P@@]1(=Nc2ccc(C)c(C)c2)/C(=C2/N(C)c3ccccc3C2(C)C)C=NN1C. The van der Waals surface area contributed by atoms with Crippen LogP contribution < -0.4 is 4.90 Å². The molecule has 0 saturated carbocycles. The molecule has 170 valence electrons. The second kappa shape index (κ2) is 8.20. The second-order valence-electron chi connectivity index (χ2n) is 9.24. The van der Waals surface area contributed by atoms with Crippen LogP contribution >= 0.6 is 7.36 Å². The number of hydrogen-bond acceptors (Lipinski definition) is 3. The molecular weight excluding hydrogens is 413 g/mol. The van der Waals surface area contributed by atoms with Crippen LogP contribution in [0.5, 0.6) is 0 Å². The van der Waals surface area contributed by atoms with Crippen molar-refractivity contribution in [1.29, 1.82) is 0 Å². The summed E-state index contributed by atoms with van der Waals surface area (Å²) in [6.45, 7) is 15.3. The van der Waals surface area contributed by atoms with Crippen molar-refractivity contribution in [2.75, 3.05) is 32.1 Å². The first-order valence-corrected chi connectivity index (χ1v) is 13.1. The molecule has 0 spiro atoms. The average molecular weight is 450 g/mol. The summed E-state index contributed by atoms with van der Waals surface area (Å²) in [5.41, 5.74) is 7.39. The molecule has 2 aromatic rings. The largest absolute Gasteiger partial charge is 0.346 e. The molecule has 2 aliphatic heterocycles. The number of aryl methyl sites for hydroxylation is 2. The van der Waals surface area contributed by atoms with Crippen LogP contribution in [0.25, 0.3) is 0 Å². The third-order valence-corrected chi connectivity index (χ3v) is 10.8. The van der Waals surface area contributed by atoms with Crippen molar-refractivity contribution in [3.8, 4) is 0 Å². The monoisotopic (exact) mass is 449 g/mol. The standard InChI is InChI=1S/C26H36N5P/c1-9-31(10-2)32(28-21-16-15-19(3)20(4)17-21)24(18-27-30(32)8)25-26(5,6)22-13-11-12-14-23(22)29(25)7/h11-18H,9-10H2,1-8H3/b25-24+/t32-/m1/s1. The Kier molecular flexibility index (Phi) is 5.85. The van der Waals surface area contributed by atoms with Crippen molar-refractivity contribution in [1.82, 2.24) is 9.45 Å². The van der Waals surface area contributed by atoms with E-state index in [4.69, 9.17) is 9.85 Å². The molecular formula is C26H36N5P. The summed E-state index contributed by atoms with van der Waals surface area (Å²) in [4.78, 5) is 2.37. The highest BCUT2D eigenvalue weighted by Crippen LogP contribution is 2.69. The molecule has 2 heterocycles. The normalized spacial score (nSPS) is 23.9. The molecule has 0 unspecified atom stereocenters. The topological polar surface area (TPSA) is 34.4 Å². The zero-order valence-corrected chi connectivity index (χ0v) is 21.6. The predicted molar refractivity (Wildman–Crippen MR) is 139 cm³/mol. The molecule has 0 amide bonds. The fraction of sp³-hybridized carbons (Fsp3) is 0.423. The molecule has 2 aromatic carbocycles. The maximum absolute atomic E-state index is 5.56. The van der Waals surface area contributed by atoms with Gasteiger partial charge in [-0.2, -0.15) is 5.10 Å². The maximum atomic E-state index is 5.56. The summed E-state index contributed by atoms with van der Waals surface area (Å²) >= 11 is 0. The second-order valence-corrected chi connectivity index (χ2v) is 12.2. The van der Waals surface area contributed by atoms with Gasteiger partial charge in [0, 0.05) is 44.0 Å². The first kappa shape index (κ1) is 22.8. The van der Waals surface area contributed by atoms with Gasteiger partial charge in [0.1, 0.15) is 0 Å². The van der Waals surface area contributed by atoms with Crippen molar-refractivity contribution in [3.05, 3.63) is 70.2 Å². The highest BCUT2D eigenvalue weighted by atomic mass is 31.2. The zero-order chi connectivity index (χ0) is 23.3. The Morgan fingerprint density at radius 2 is 1.69 bits per heavy atom. The molecule has 4 rings (SSSR count). The van der Waals surface area contributed by atoms with E-state index >= 15 is 0 Å². The van der Waals surface area contributed by atoms with E-state index in [1.54, 1.807) is 0 Å². The molecule has 0 bridgehead atoms. The Morgan fingerprint density at radius 3 is 2.31 bits per heavy atom. The van der Waals surface area contributed by atoms with Gasteiger partial charge >= 0.3 is 0 Å². The number of benzene rings is 2. The van der Waals surface area contributed by atoms with E-state index in [0.29, 0.717) is 0 Å². The van der Waals surface area contributed by atoms with Gasteiger partial charge in [0.2, 0.25) is 0 Å². The van der Waals surface area contributed by atoms with E-state index in [1.165, 1.54) is 33.4 Å². The van der Waals surface area contributed by atoms with Gasteiger partial charge in [-0.05, 0) is 48.7 Å². The van der Waals surface area contributed by atoms with Crippen LogP contribution in [-0.4, -0.2) is 42.8 Å².